The Hall–Kier alpha value is -2.91. The van der Waals surface area contributed by atoms with Crippen LogP contribution in [0.25, 0.3) is 0 Å². The number of nitrogens with zero attached hydrogens (tertiary/aromatic N) is 2. The second kappa shape index (κ2) is 8.46. The van der Waals surface area contributed by atoms with Crippen molar-refractivity contribution in [2.24, 2.45) is 7.05 Å². The van der Waals surface area contributed by atoms with Gasteiger partial charge in [-0.15, -0.1) is 0 Å². The molecule has 0 radical (unpaired) electrons. The number of carbonyl (C=O) groups excluding carboxylic acids is 1. The second-order valence-corrected chi connectivity index (χ2v) is 8.92. The molecule has 3 aromatic rings. The first kappa shape index (κ1) is 21.9. The van der Waals surface area contributed by atoms with Gasteiger partial charge in [0.05, 0.1) is 11.4 Å². The highest BCUT2D eigenvalue weighted by Gasteiger charge is 2.33. The van der Waals surface area contributed by atoms with E-state index in [0.29, 0.717) is 35.8 Å². The van der Waals surface area contributed by atoms with Crippen LogP contribution in [0.15, 0.2) is 30.3 Å². The average molecular weight is 492 g/mol. The summed E-state index contributed by atoms with van der Waals surface area (Å²) < 4.78 is 43.8. The fraction of sp³-hybridized carbons (Fsp3) is 0.304. The number of ether oxygens (including phenoxy) is 2. The zero-order valence-electron chi connectivity index (χ0n) is 17.7. The third kappa shape index (κ3) is 3.89. The minimum atomic E-state index is -0.745. The first-order valence-electron chi connectivity index (χ1n) is 10.4. The van der Waals surface area contributed by atoms with E-state index in [9.17, 15) is 13.6 Å². The Morgan fingerprint density at radius 2 is 2.03 bits per heavy atom. The average Bonchev–Trinajstić information content (AvgIpc) is 3.49. The maximum absolute atomic E-state index is 14.6. The number of nitrogens with one attached hydrogen (secondary N) is 1. The van der Waals surface area contributed by atoms with Crippen LogP contribution in [0.3, 0.4) is 0 Å². The predicted molar refractivity (Wildman–Crippen MR) is 120 cm³/mol. The number of carbonyl (C=O) groups is 1. The van der Waals surface area contributed by atoms with Gasteiger partial charge in [-0.25, -0.2) is 8.78 Å². The van der Waals surface area contributed by atoms with Crippen molar-refractivity contribution in [3.8, 4) is 11.5 Å². The van der Waals surface area contributed by atoms with E-state index in [-0.39, 0.29) is 29.7 Å². The number of benzene rings is 2. The molecule has 0 saturated carbocycles. The Balaban J connectivity index is 1.32. The summed E-state index contributed by atoms with van der Waals surface area (Å²) in [6.45, 7) is 0.849. The summed E-state index contributed by atoms with van der Waals surface area (Å²) >= 11 is 11.4. The zero-order valence-corrected chi connectivity index (χ0v) is 19.2. The number of imidazole rings is 1. The lowest BCUT2D eigenvalue weighted by Crippen LogP contribution is -2.26. The van der Waals surface area contributed by atoms with Crippen molar-refractivity contribution in [2.45, 2.75) is 31.8 Å². The summed E-state index contributed by atoms with van der Waals surface area (Å²) in [5.74, 6) is -0.675. The van der Waals surface area contributed by atoms with Gasteiger partial charge in [0.15, 0.2) is 16.3 Å². The third-order valence-corrected chi connectivity index (χ3v) is 6.95. The Morgan fingerprint density at radius 3 is 2.85 bits per heavy atom. The minimum absolute atomic E-state index is 0.0403. The molecule has 0 saturated heterocycles. The van der Waals surface area contributed by atoms with Crippen molar-refractivity contribution < 1.29 is 23.0 Å². The minimum Gasteiger partial charge on any atom is -0.454 e. The van der Waals surface area contributed by atoms with Crippen LogP contribution < -0.4 is 14.8 Å². The second-order valence-electron chi connectivity index (χ2n) is 8.14. The zero-order chi connectivity index (χ0) is 23.3. The Morgan fingerprint density at radius 1 is 1.24 bits per heavy atom. The first-order chi connectivity index (χ1) is 15.8. The molecule has 0 unspecified atom stereocenters. The van der Waals surface area contributed by atoms with Gasteiger partial charge in [0.2, 0.25) is 12.7 Å². The summed E-state index contributed by atoms with van der Waals surface area (Å²) in [5, 5.41) is 2.79. The lowest BCUT2D eigenvalue weighted by atomic mass is 9.95. The standard InChI is InChI=1S/C23H20ClF2N3O3S/c1-28-16(8-20(30)27-9-12-2-5-18-19(6-12)32-11-31-18)17-7-13(10-29(17)23(28)33)21-15(25)4-3-14(24)22(21)26/h2-6,13H,7-11H2,1H3,(H,27,30)/t13-/m1/s1. The fourth-order valence-corrected chi connectivity index (χ4v) is 4.95. The Bertz CT molecular complexity index is 1340. The van der Waals surface area contributed by atoms with E-state index >= 15 is 0 Å². The molecule has 33 heavy (non-hydrogen) atoms. The molecule has 0 fully saturated rings. The molecule has 2 aromatic carbocycles. The summed E-state index contributed by atoms with van der Waals surface area (Å²) in [5.41, 5.74) is 2.38. The molecule has 10 heteroatoms. The number of hydrogen-bond acceptors (Lipinski definition) is 4. The number of rotatable bonds is 5. The van der Waals surface area contributed by atoms with Gasteiger partial charge in [0.1, 0.15) is 11.6 Å². The van der Waals surface area contributed by atoms with Gasteiger partial charge in [-0.3, -0.25) is 4.79 Å². The number of halogens is 3. The van der Waals surface area contributed by atoms with Gasteiger partial charge in [0.25, 0.3) is 0 Å². The molecule has 2 aliphatic rings. The van der Waals surface area contributed by atoms with Crippen LogP contribution in [0.5, 0.6) is 11.5 Å². The normalized spacial score (nSPS) is 16.2. The van der Waals surface area contributed by atoms with Gasteiger partial charge in [-0.1, -0.05) is 17.7 Å². The smallest absolute Gasteiger partial charge is 0.231 e. The highest BCUT2D eigenvalue weighted by molar-refractivity contribution is 7.71. The fourth-order valence-electron chi connectivity index (χ4n) is 4.49. The lowest BCUT2D eigenvalue weighted by molar-refractivity contribution is -0.120. The lowest BCUT2D eigenvalue weighted by Gasteiger charge is -2.14. The molecule has 6 nitrogen and oxygen atoms in total. The number of aromatic nitrogens is 2. The SMILES string of the molecule is Cn1c(CC(=O)NCc2ccc3c(c2)OCO3)c2n(c1=S)C[C@H](c1c(F)ccc(Cl)c1F)C2. The van der Waals surface area contributed by atoms with Gasteiger partial charge in [-0.2, -0.15) is 0 Å². The number of amides is 1. The van der Waals surface area contributed by atoms with E-state index in [4.69, 9.17) is 33.3 Å². The van der Waals surface area contributed by atoms with Crippen LogP contribution in [-0.4, -0.2) is 21.8 Å². The van der Waals surface area contributed by atoms with Crippen molar-refractivity contribution >= 4 is 29.7 Å². The predicted octanol–water partition coefficient (Wildman–Crippen LogP) is 4.42. The van der Waals surface area contributed by atoms with E-state index in [2.05, 4.69) is 5.32 Å². The maximum Gasteiger partial charge on any atom is 0.231 e. The molecule has 2 aliphatic heterocycles. The summed E-state index contributed by atoms with van der Waals surface area (Å²) in [7, 11) is 1.80. The van der Waals surface area contributed by atoms with Crippen molar-refractivity contribution in [3.63, 3.8) is 0 Å². The molecule has 3 heterocycles. The molecule has 1 amide bonds. The monoisotopic (exact) mass is 491 g/mol. The van der Waals surface area contributed by atoms with E-state index in [0.717, 1.165) is 17.0 Å². The van der Waals surface area contributed by atoms with Crippen molar-refractivity contribution in [2.75, 3.05) is 6.79 Å². The maximum atomic E-state index is 14.6. The van der Waals surface area contributed by atoms with Crippen LogP contribution in [0.2, 0.25) is 5.02 Å². The largest absolute Gasteiger partial charge is 0.454 e. The molecular weight excluding hydrogens is 472 g/mol. The van der Waals surface area contributed by atoms with Crippen LogP contribution >= 0.6 is 23.8 Å². The number of hydrogen-bond donors (Lipinski definition) is 1. The van der Waals surface area contributed by atoms with Gasteiger partial charge in [0, 0.05) is 43.0 Å². The summed E-state index contributed by atoms with van der Waals surface area (Å²) in [6, 6.07) is 7.89. The van der Waals surface area contributed by atoms with Crippen LogP contribution in [0.4, 0.5) is 8.78 Å². The molecule has 1 aromatic heterocycles. The molecule has 1 atom stereocenters. The molecule has 0 bridgehead atoms. The quantitative estimate of drug-likeness (QED) is 0.424. The Labute approximate surface area is 198 Å². The van der Waals surface area contributed by atoms with Crippen LogP contribution in [0, 0.1) is 16.4 Å². The highest BCUT2D eigenvalue weighted by atomic mass is 35.5. The van der Waals surface area contributed by atoms with Crippen molar-refractivity contribution in [1.29, 1.82) is 0 Å². The van der Waals surface area contributed by atoms with Gasteiger partial charge >= 0.3 is 0 Å². The van der Waals surface area contributed by atoms with Crippen molar-refractivity contribution in [3.05, 3.63) is 74.3 Å². The third-order valence-electron chi connectivity index (χ3n) is 6.17. The van der Waals surface area contributed by atoms with E-state index < -0.39 is 17.6 Å². The van der Waals surface area contributed by atoms with Crippen molar-refractivity contribution in [1.82, 2.24) is 14.5 Å². The van der Waals surface area contributed by atoms with E-state index in [1.54, 1.807) is 11.6 Å². The molecule has 0 spiro atoms. The summed E-state index contributed by atoms with van der Waals surface area (Å²) in [4.78, 5) is 12.7. The molecular formula is C23H20ClF2N3O3S. The van der Waals surface area contributed by atoms with E-state index in [1.165, 1.54) is 12.1 Å². The Kier molecular flexibility index (Phi) is 5.62. The van der Waals surface area contributed by atoms with Crippen LogP contribution in [-0.2, 0) is 37.8 Å². The molecule has 1 N–H and O–H groups in total. The molecule has 5 rings (SSSR count). The summed E-state index contributed by atoms with van der Waals surface area (Å²) in [6.07, 6.45) is 0.462. The first-order valence-corrected chi connectivity index (χ1v) is 11.2. The molecule has 0 aliphatic carbocycles. The highest BCUT2D eigenvalue weighted by Crippen LogP contribution is 2.37. The van der Waals surface area contributed by atoms with Gasteiger partial charge < -0.3 is 23.9 Å². The number of fused-ring (bicyclic) bond motifs is 2. The molecule has 172 valence electrons. The topological polar surface area (TPSA) is 57.4 Å². The van der Waals surface area contributed by atoms with E-state index in [1.807, 2.05) is 22.8 Å². The van der Waals surface area contributed by atoms with Gasteiger partial charge in [-0.05, 0) is 48.5 Å². The van der Waals surface area contributed by atoms with Crippen LogP contribution in [0.1, 0.15) is 28.4 Å².